The standard InChI is InChI=1S/C5H6O5.C4H9NO2.C4H6O4/c6-3(5(9)10)1-2-4(7)8;5-3-1-2-4(6)7;5-3(6)1-2-4(7)8/h1-2H2,(H,7,8)(H,9,10);1-3,5H2,(H,6,7);1-2H2,(H,5,6)(H,7,8). The maximum Gasteiger partial charge on any atom is 0.372 e. The highest BCUT2D eigenvalue weighted by molar-refractivity contribution is 6.32. The maximum atomic E-state index is 10.2. The van der Waals surface area contributed by atoms with E-state index >= 15 is 0 Å². The number of rotatable bonds is 10. The lowest BCUT2D eigenvalue weighted by Crippen LogP contribution is -2.13. The second kappa shape index (κ2) is 17.3. The van der Waals surface area contributed by atoms with Crippen molar-refractivity contribution < 1.29 is 54.3 Å². The normalized spacial score (nSPS) is 8.68. The molecule has 144 valence electrons. The van der Waals surface area contributed by atoms with Crippen LogP contribution in [0.5, 0.6) is 0 Å². The van der Waals surface area contributed by atoms with E-state index in [1.807, 2.05) is 0 Å². The van der Waals surface area contributed by atoms with Crippen molar-refractivity contribution in [3.05, 3.63) is 0 Å². The molecule has 0 unspecified atom stereocenters. The zero-order chi connectivity index (χ0) is 20.4. The Bertz CT molecular complexity index is 459. The molecule has 0 aliphatic rings. The minimum absolute atomic E-state index is 0.191. The van der Waals surface area contributed by atoms with E-state index in [1.165, 1.54) is 0 Å². The van der Waals surface area contributed by atoms with Gasteiger partial charge in [0.1, 0.15) is 0 Å². The Morgan fingerprint density at radius 1 is 0.560 bits per heavy atom. The fourth-order valence-corrected chi connectivity index (χ4v) is 0.795. The smallest absolute Gasteiger partial charge is 0.372 e. The van der Waals surface area contributed by atoms with E-state index in [9.17, 15) is 28.8 Å². The number of aliphatic carboxylic acids is 5. The molecule has 0 aromatic carbocycles. The molecule has 0 aromatic rings. The third-order valence-electron chi connectivity index (χ3n) is 1.95. The van der Waals surface area contributed by atoms with Gasteiger partial charge >= 0.3 is 29.8 Å². The lowest BCUT2D eigenvalue weighted by Gasteiger charge is -1.88. The molecule has 0 saturated carbocycles. The quantitative estimate of drug-likeness (QED) is 0.262. The van der Waals surface area contributed by atoms with Gasteiger partial charge in [0.2, 0.25) is 5.78 Å². The van der Waals surface area contributed by atoms with Crippen LogP contribution in [0.25, 0.3) is 0 Å². The largest absolute Gasteiger partial charge is 0.481 e. The zero-order valence-corrected chi connectivity index (χ0v) is 13.2. The molecule has 0 aliphatic carbocycles. The fraction of sp³-hybridized carbons (Fsp3) is 0.538. The number of ketones is 1. The molecular weight excluding hydrogens is 346 g/mol. The maximum absolute atomic E-state index is 10.2. The Morgan fingerprint density at radius 2 is 0.880 bits per heavy atom. The molecule has 0 heterocycles. The molecular formula is C13H21NO11. The highest BCUT2D eigenvalue weighted by atomic mass is 16.4. The summed E-state index contributed by atoms with van der Waals surface area (Å²) in [6, 6.07) is 0. The van der Waals surface area contributed by atoms with Gasteiger partial charge in [0.15, 0.2) is 0 Å². The van der Waals surface area contributed by atoms with Gasteiger partial charge in [-0.15, -0.1) is 0 Å². The number of hydrogen-bond acceptors (Lipinski definition) is 7. The van der Waals surface area contributed by atoms with Crippen molar-refractivity contribution in [1.82, 2.24) is 0 Å². The van der Waals surface area contributed by atoms with Gasteiger partial charge in [-0.1, -0.05) is 0 Å². The van der Waals surface area contributed by atoms with Crippen molar-refractivity contribution in [3.8, 4) is 0 Å². The third-order valence-corrected chi connectivity index (χ3v) is 1.95. The van der Waals surface area contributed by atoms with E-state index in [0.29, 0.717) is 13.0 Å². The summed E-state index contributed by atoms with van der Waals surface area (Å²) >= 11 is 0. The SMILES string of the molecule is NCCCC(=O)O.O=C(O)CCC(=O)C(=O)O.O=C(O)CCC(=O)O. The molecule has 0 aliphatic heterocycles. The first-order valence-electron chi connectivity index (χ1n) is 6.77. The zero-order valence-electron chi connectivity index (χ0n) is 13.2. The molecule has 0 fully saturated rings. The summed E-state index contributed by atoms with van der Waals surface area (Å²) in [7, 11) is 0. The number of carbonyl (C=O) groups excluding carboxylic acids is 1. The minimum Gasteiger partial charge on any atom is -0.481 e. The summed E-state index contributed by atoms with van der Waals surface area (Å²) in [6.45, 7) is 0.465. The van der Waals surface area contributed by atoms with Crippen LogP contribution in [0.4, 0.5) is 0 Å². The van der Waals surface area contributed by atoms with Gasteiger partial charge in [-0.05, 0) is 13.0 Å². The van der Waals surface area contributed by atoms with Crippen LogP contribution in [-0.4, -0.2) is 67.7 Å². The van der Waals surface area contributed by atoms with E-state index in [-0.39, 0.29) is 19.3 Å². The second-order valence-corrected chi connectivity index (χ2v) is 4.20. The predicted molar refractivity (Wildman–Crippen MR) is 79.9 cm³/mol. The number of carboxylic acid groups (broad SMARTS) is 5. The molecule has 0 aromatic heterocycles. The summed E-state index contributed by atoms with van der Waals surface area (Å²) in [5.74, 6) is -6.75. The first-order valence-corrected chi connectivity index (χ1v) is 6.77. The van der Waals surface area contributed by atoms with Crippen LogP contribution in [0.15, 0.2) is 0 Å². The Labute approximate surface area is 141 Å². The van der Waals surface area contributed by atoms with Gasteiger partial charge in [0, 0.05) is 12.8 Å². The lowest BCUT2D eigenvalue weighted by atomic mass is 10.2. The van der Waals surface area contributed by atoms with Crippen molar-refractivity contribution in [1.29, 1.82) is 0 Å². The topological polar surface area (TPSA) is 230 Å². The molecule has 0 radical (unpaired) electrons. The number of carboxylic acids is 5. The van der Waals surface area contributed by atoms with Crippen molar-refractivity contribution in [2.75, 3.05) is 6.54 Å². The second-order valence-electron chi connectivity index (χ2n) is 4.20. The predicted octanol–water partition coefficient (Wildman–Crippen LogP) is -0.749. The fourth-order valence-electron chi connectivity index (χ4n) is 0.795. The Hall–Kier alpha value is -3.02. The van der Waals surface area contributed by atoms with E-state index in [4.69, 9.17) is 31.3 Å². The summed E-state index contributed by atoms with van der Waals surface area (Å²) in [5.41, 5.74) is 5.01. The molecule has 0 atom stereocenters. The number of carbonyl (C=O) groups is 6. The Balaban J connectivity index is -0.000000296. The molecule has 0 rings (SSSR count). The van der Waals surface area contributed by atoms with Crippen LogP contribution in [0.3, 0.4) is 0 Å². The number of hydrogen-bond donors (Lipinski definition) is 6. The summed E-state index contributed by atoms with van der Waals surface area (Å²) in [6.07, 6.45) is -0.688. The highest BCUT2D eigenvalue weighted by Gasteiger charge is 2.12. The lowest BCUT2D eigenvalue weighted by molar-refractivity contribution is -0.149. The third kappa shape index (κ3) is 33.7. The number of nitrogens with two attached hydrogens (primary N) is 1. The summed E-state index contributed by atoms with van der Waals surface area (Å²) in [4.78, 5) is 58.7. The van der Waals surface area contributed by atoms with Gasteiger partial charge < -0.3 is 31.3 Å². The van der Waals surface area contributed by atoms with Crippen LogP contribution in [0.1, 0.15) is 38.5 Å². The van der Waals surface area contributed by atoms with Gasteiger partial charge in [-0.3, -0.25) is 24.0 Å². The van der Waals surface area contributed by atoms with Crippen LogP contribution in [0, 0.1) is 0 Å². The molecule has 0 bridgehead atoms. The van der Waals surface area contributed by atoms with Gasteiger partial charge in [-0.2, -0.15) is 0 Å². The van der Waals surface area contributed by atoms with Crippen LogP contribution < -0.4 is 5.73 Å². The van der Waals surface area contributed by atoms with Crippen molar-refractivity contribution in [2.45, 2.75) is 38.5 Å². The summed E-state index contributed by atoms with van der Waals surface area (Å²) in [5, 5.41) is 39.7. The van der Waals surface area contributed by atoms with E-state index in [2.05, 4.69) is 0 Å². The molecule has 7 N–H and O–H groups in total. The first-order chi connectivity index (χ1) is 11.4. The molecule has 12 heteroatoms. The first kappa shape index (κ1) is 26.9. The van der Waals surface area contributed by atoms with Crippen molar-refractivity contribution in [2.24, 2.45) is 5.73 Å². The van der Waals surface area contributed by atoms with E-state index in [1.54, 1.807) is 0 Å². The molecule has 12 nitrogen and oxygen atoms in total. The van der Waals surface area contributed by atoms with Crippen LogP contribution in [0.2, 0.25) is 0 Å². The Kier molecular flexibility index (Phi) is 18.6. The monoisotopic (exact) mass is 367 g/mol. The van der Waals surface area contributed by atoms with E-state index < -0.39 is 48.5 Å². The molecule has 0 spiro atoms. The summed E-state index contributed by atoms with van der Waals surface area (Å²) < 4.78 is 0. The van der Waals surface area contributed by atoms with Gasteiger partial charge in [0.05, 0.1) is 19.3 Å². The Morgan fingerprint density at radius 3 is 1.08 bits per heavy atom. The average molecular weight is 367 g/mol. The van der Waals surface area contributed by atoms with Crippen LogP contribution in [-0.2, 0) is 28.8 Å². The average Bonchev–Trinajstić information content (AvgIpc) is 2.49. The van der Waals surface area contributed by atoms with Crippen molar-refractivity contribution >= 4 is 35.6 Å². The molecule has 25 heavy (non-hydrogen) atoms. The minimum atomic E-state index is -1.58. The van der Waals surface area contributed by atoms with E-state index in [0.717, 1.165) is 0 Å². The van der Waals surface area contributed by atoms with Crippen molar-refractivity contribution in [3.63, 3.8) is 0 Å². The molecule has 0 amide bonds. The molecule has 0 saturated heterocycles. The highest BCUT2D eigenvalue weighted by Crippen LogP contribution is 1.90. The van der Waals surface area contributed by atoms with Gasteiger partial charge in [0.25, 0.3) is 0 Å². The van der Waals surface area contributed by atoms with Crippen LogP contribution >= 0.6 is 0 Å². The number of Topliss-reactive ketones (excluding diaryl/α,β-unsaturated/α-hetero) is 1. The van der Waals surface area contributed by atoms with Gasteiger partial charge in [-0.25, -0.2) is 4.79 Å².